The van der Waals surface area contributed by atoms with E-state index in [4.69, 9.17) is 4.74 Å². The van der Waals surface area contributed by atoms with Crippen molar-refractivity contribution in [1.82, 2.24) is 0 Å². The number of rotatable bonds is 5. The van der Waals surface area contributed by atoms with Crippen LogP contribution in [0, 0.1) is 5.92 Å². The maximum absolute atomic E-state index is 12.9. The van der Waals surface area contributed by atoms with Crippen molar-refractivity contribution in [3.63, 3.8) is 0 Å². The van der Waals surface area contributed by atoms with Crippen LogP contribution in [0.3, 0.4) is 0 Å². The Kier molecular flexibility index (Phi) is 5.34. The number of hydrogen-bond acceptors (Lipinski definition) is 3. The molecule has 0 spiro atoms. The van der Waals surface area contributed by atoms with Crippen LogP contribution in [0.25, 0.3) is 0 Å². The Labute approximate surface area is 165 Å². The van der Waals surface area contributed by atoms with Crippen LogP contribution in [-0.2, 0) is 20.9 Å². The first kappa shape index (κ1) is 18.2. The fraction of sp³-hybridized carbons (Fsp3) is 0.200. The lowest BCUT2D eigenvalue weighted by molar-refractivity contribution is -0.152. The van der Waals surface area contributed by atoms with Gasteiger partial charge in [0.05, 0.1) is 0 Å². The van der Waals surface area contributed by atoms with Crippen LogP contribution in [0.15, 0.2) is 91.0 Å². The summed E-state index contributed by atoms with van der Waals surface area (Å²) >= 11 is 0. The molecular weight excluding hydrogens is 348 g/mol. The Morgan fingerprint density at radius 3 is 1.93 bits per heavy atom. The molecule has 0 aliphatic heterocycles. The van der Waals surface area contributed by atoms with Crippen LogP contribution >= 0.6 is 0 Å². The molecular formula is C25H22O3. The minimum absolute atomic E-state index is 0.0228. The van der Waals surface area contributed by atoms with Crippen molar-refractivity contribution < 1.29 is 14.3 Å². The average molecular weight is 370 g/mol. The van der Waals surface area contributed by atoms with E-state index >= 15 is 0 Å². The van der Waals surface area contributed by atoms with Gasteiger partial charge < -0.3 is 4.74 Å². The van der Waals surface area contributed by atoms with Crippen molar-refractivity contribution in [2.45, 2.75) is 24.9 Å². The fourth-order valence-electron chi connectivity index (χ4n) is 4.13. The zero-order valence-corrected chi connectivity index (χ0v) is 15.5. The molecule has 0 aromatic heterocycles. The van der Waals surface area contributed by atoms with Crippen LogP contribution in [0.4, 0.5) is 0 Å². The van der Waals surface area contributed by atoms with Gasteiger partial charge in [-0.3, -0.25) is 9.59 Å². The monoisotopic (exact) mass is 370 g/mol. The third-order valence-electron chi connectivity index (χ3n) is 5.45. The van der Waals surface area contributed by atoms with E-state index in [0.717, 1.165) is 16.7 Å². The minimum Gasteiger partial charge on any atom is -0.460 e. The summed E-state index contributed by atoms with van der Waals surface area (Å²) in [5, 5.41) is 0. The van der Waals surface area contributed by atoms with Gasteiger partial charge in [-0.15, -0.1) is 0 Å². The van der Waals surface area contributed by atoms with Crippen LogP contribution in [0.2, 0.25) is 0 Å². The number of esters is 1. The van der Waals surface area contributed by atoms with E-state index in [1.807, 2.05) is 91.0 Å². The number of ketones is 1. The number of Topliss-reactive ketones (excluding diaryl/α,β-unsaturated/α-hetero) is 1. The Morgan fingerprint density at radius 2 is 1.32 bits per heavy atom. The van der Waals surface area contributed by atoms with Crippen LogP contribution in [-0.4, -0.2) is 11.8 Å². The highest BCUT2D eigenvalue weighted by Crippen LogP contribution is 2.48. The molecule has 28 heavy (non-hydrogen) atoms. The number of carbonyl (C=O) groups is 2. The van der Waals surface area contributed by atoms with Crippen LogP contribution in [0.1, 0.15) is 34.9 Å². The second-order valence-electron chi connectivity index (χ2n) is 7.20. The predicted molar refractivity (Wildman–Crippen MR) is 108 cm³/mol. The summed E-state index contributed by atoms with van der Waals surface area (Å²) in [7, 11) is 0. The van der Waals surface area contributed by atoms with Gasteiger partial charge in [0.15, 0.2) is 0 Å². The highest BCUT2D eigenvalue weighted by molar-refractivity contribution is 6.02. The normalized spacial score (nSPS) is 21.4. The Morgan fingerprint density at radius 1 is 0.786 bits per heavy atom. The summed E-state index contributed by atoms with van der Waals surface area (Å²) in [5.74, 6) is -1.47. The van der Waals surface area contributed by atoms with Crippen molar-refractivity contribution in [2.24, 2.45) is 5.92 Å². The SMILES string of the molecule is O=C1C[C@@H](c2ccccc2)[C@H](c2ccccc2)[C@H]1C(=O)OCc1ccccc1. The number of carbonyl (C=O) groups excluding carboxylic acids is 2. The van der Waals surface area contributed by atoms with Gasteiger partial charge in [0.25, 0.3) is 0 Å². The van der Waals surface area contributed by atoms with E-state index in [0.29, 0.717) is 6.42 Å². The molecule has 1 aliphatic carbocycles. The van der Waals surface area contributed by atoms with Gasteiger partial charge in [0.2, 0.25) is 0 Å². The predicted octanol–water partition coefficient (Wildman–Crippen LogP) is 4.89. The highest BCUT2D eigenvalue weighted by Gasteiger charge is 2.48. The van der Waals surface area contributed by atoms with Gasteiger partial charge >= 0.3 is 5.97 Å². The van der Waals surface area contributed by atoms with Gasteiger partial charge in [-0.05, 0) is 22.6 Å². The molecule has 0 N–H and O–H groups in total. The molecule has 0 amide bonds. The maximum Gasteiger partial charge on any atom is 0.317 e. The maximum atomic E-state index is 12.9. The molecule has 0 bridgehead atoms. The molecule has 3 heteroatoms. The van der Waals surface area contributed by atoms with Crippen molar-refractivity contribution in [3.05, 3.63) is 108 Å². The highest BCUT2D eigenvalue weighted by atomic mass is 16.5. The third-order valence-corrected chi connectivity index (χ3v) is 5.45. The Bertz CT molecular complexity index is 935. The average Bonchev–Trinajstić information content (AvgIpc) is 3.11. The summed E-state index contributed by atoms with van der Waals surface area (Å²) in [6.07, 6.45) is 0.356. The lowest BCUT2D eigenvalue weighted by Gasteiger charge is -2.24. The van der Waals surface area contributed by atoms with E-state index in [-0.39, 0.29) is 24.2 Å². The summed E-state index contributed by atoms with van der Waals surface area (Å²) < 4.78 is 5.56. The van der Waals surface area contributed by atoms with E-state index < -0.39 is 11.9 Å². The molecule has 0 unspecified atom stereocenters. The first-order chi connectivity index (χ1) is 13.7. The van der Waals surface area contributed by atoms with E-state index in [1.165, 1.54) is 0 Å². The zero-order valence-electron chi connectivity index (χ0n) is 15.5. The van der Waals surface area contributed by atoms with Crippen molar-refractivity contribution >= 4 is 11.8 Å². The van der Waals surface area contributed by atoms with Crippen molar-refractivity contribution in [2.75, 3.05) is 0 Å². The molecule has 3 nitrogen and oxygen atoms in total. The van der Waals surface area contributed by atoms with Gasteiger partial charge in [0.1, 0.15) is 18.3 Å². The second kappa shape index (κ2) is 8.22. The van der Waals surface area contributed by atoms with Crippen molar-refractivity contribution in [1.29, 1.82) is 0 Å². The summed E-state index contributed by atoms with van der Waals surface area (Å²) in [4.78, 5) is 25.8. The third kappa shape index (κ3) is 3.74. The molecule has 0 saturated heterocycles. The Hall–Kier alpha value is -3.20. The number of benzene rings is 3. The van der Waals surface area contributed by atoms with E-state index in [1.54, 1.807) is 0 Å². The first-order valence-electron chi connectivity index (χ1n) is 9.57. The molecule has 140 valence electrons. The summed E-state index contributed by atoms with van der Waals surface area (Å²) in [6, 6.07) is 29.4. The molecule has 3 atom stereocenters. The van der Waals surface area contributed by atoms with Crippen molar-refractivity contribution in [3.8, 4) is 0 Å². The van der Waals surface area contributed by atoms with Crippen LogP contribution in [0.5, 0.6) is 0 Å². The smallest absolute Gasteiger partial charge is 0.317 e. The van der Waals surface area contributed by atoms with Gasteiger partial charge in [0, 0.05) is 12.3 Å². The molecule has 3 aromatic carbocycles. The minimum atomic E-state index is -0.767. The molecule has 1 aliphatic rings. The number of ether oxygens (including phenoxy) is 1. The molecule has 1 fully saturated rings. The van der Waals surface area contributed by atoms with Gasteiger partial charge in [-0.2, -0.15) is 0 Å². The molecule has 3 aromatic rings. The standard InChI is InChI=1S/C25H22O3/c26-22-16-21(19-12-6-2-7-13-19)23(20-14-8-3-9-15-20)24(22)25(27)28-17-18-10-4-1-5-11-18/h1-15,21,23-24H,16-17H2/t21-,23-,24-/m0/s1. The van der Waals surface area contributed by atoms with Crippen LogP contribution < -0.4 is 0 Å². The van der Waals surface area contributed by atoms with E-state index in [9.17, 15) is 9.59 Å². The topological polar surface area (TPSA) is 43.4 Å². The van der Waals surface area contributed by atoms with Gasteiger partial charge in [-0.25, -0.2) is 0 Å². The van der Waals surface area contributed by atoms with E-state index in [2.05, 4.69) is 0 Å². The summed E-state index contributed by atoms with van der Waals surface area (Å²) in [6.45, 7) is 0.182. The summed E-state index contributed by atoms with van der Waals surface area (Å²) in [5.41, 5.74) is 3.00. The lowest BCUT2D eigenvalue weighted by atomic mass is 9.80. The largest absolute Gasteiger partial charge is 0.460 e. The molecule has 1 saturated carbocycles. The quantitative estimate of drug-likeness (QED) is 0.475. The van der Waals surface area contributed by atoms with Gasteiger partial charge in [-0.1, -0.05) is 91.0 Å². The zero-order chi connectivity index (χ0) is 19.3. The second-order valence-corrected chi connectivity index (χ2v) is 7.20. The number of hydrogen-bond donors (Lipinski definition) is 0. The first-order valence-corrected chi connectivity index (χ1v) is 9.57. The fourth-order valence-corrected chi connectivity index (χ4v) is 4.13. The Balaban J connectivity index is 1.62. The molecule has 0 heterocycles. The molecule has 4 rings (SSSR count). The lowest BCUT2D eigenvalue weighted by Crippen LogP contribution is -2.27. The molecule has 0 radical (unpaired) electrons.